The third-order valence-electron chi connectivity index (χ3n) is 9.42. The van der Waals surface area contributed by atoms with E-state index in [2.05, 4.69) is 62.4 Å². The lowest BCUT2D eigenvalue weighted by Crippen LogP contribution is -2.61. The number of hydrogen-bond donors (Lipinski definition) is 0. The Morgan fingerprint density at radius 1 is 0.500 bits per heavy atom. The highest BCUT2D eigenvalue weighted by molar-refractivity contribution is 4.83. The van der Waals surface area contributed by atoms with Crippen LogP contribution in [0.2, 0.25) is 0 Å². The zero-order chi connectivity index (χ0) is 25.9. The van der Waals surface area contributed by atoms with E-state index in [0.29, 0.717) is 11.0 Å². The van der Waals surface area contributed by atoms with E-state index in [9.17, 15) is 0 Å². The number of quaternary nitrogens is 1. The Balaban J connectivity index is 4.59. The summed E-state index contributed by atoms with van der Waals surface area (Å²) in [4.78, 5) is 0. The molecule has 0 spiro atoms. The number of rotatable bonds is 24. The Kier molecular flexibility index (Phi) is 19.1. The van der Waals surface area contributed by atoms with Crippen molar-refractivity contribution < 1.29 is 4.48 Å². The zero-order valence-electron chi connectivity index (χ0n) is 25.9. The van der Waals surface area contributed by atoms with Crippen molar-refractivity contribution in [2.24, 2.45) is 11.3 Å². The Morgan fingerprint density at radius 3 is 1.09 bits per heavy atom. The molecule has 0 aliphatic rings. The molecule has 0 N–H and O–H groups in total. The molecule has 0 heterocycles. The van der Waals surface area contributed by atoms with E-state index in [0.717, 1.165) is 5.92 Å². The van der Waals surface area contributed by atoms with Crippen LogP contribution >= 0.6 is 0 Å². The summed E-state index contributed by atoms with van der Waals surface area (Å²) < 4.78 is 1.27. The zero-order valence-corrected chi connectivity index (χ0v) is 25.9. The van der Waals surface area contributed by atoms with E-state index >= 15 is 0 Å². The molecule has 0 amide bonds. The highest BCUT2D eigenvalue weighted by atomic mass is 15.4. The van der Waals surface area contributed by atoms with Crippen LogP contribution in [-0.2, 0) is 0 Å². The van der Waals surface area contributed by atoms with Crippen LogP contribution in [0.15, 0.2) is 0 Å². The first kappa shape index (κ1) is 34.0. The van der Waals surface area contributed by atoms with Gasteiger partial charge in [-0.3, -0.25) is 0 Å². The van der Waals surface area contributed by atoms with E-state index in [4.69, 9.17) is 0 Å². The summed E-state index contributed by atoms with van der Waals surface area (Å²) in [6, 6.07) is 0. The number of unbranched alkanes of at least 4 members (excludes halogenated alkanes) is 16. The molecule has 1 atom stereocenters. The molecule has 1 nitrogen and oxygen atoms in total. The Bertz CT molecular complexity index is 449. The van der Waals surface area contributed by atoms with Crippen LogP contribution in [0.3, 0.4) is 0 Å². The van der Waals surface area contributed by atoms with Gasteiger partial charge in [-0.25, -0.2) is 0 Å². The van der Waals surface area contributed by atoms with Gasteiger partial charge >= 0.3 is 0 Å². The van der Waals surface area contributed by atoms with Gasteiger partial charge in [-0.1, -0.05) is 131 Å². The first-order valence-corrected chi connectivity index (χ1v) is 15.9. The van der Waals surface area contributed by atoms with Crippen LogP contribution < -0.4 is 0 Å². The molecule has 0 aromatic heterocycles. The molecule has 0 aromatic carbocycles. The summed E-state index contributed by atoms with van der Waals surface area (Å²) in [7, 11) is 2.60. The van der Waals surface area contributed by atoms with Crippen molar-refractivity contribution in [2.45, 2.75) is 183 Å². The average Bonchev–Trinajstić information content (AvgIpc) is 2.76. The van der Waals surface area contributed by atoms with E-state index in [1.54, 1.807) is 0 Å². The minimum atomic E-state index is 0.342. The first-order chi connectivity index (χ1) is 16.0. The van der Waals surface area contributed by atoms with Gasteiger partial charge in [0, 0.05) is 6.42 Å². The van der Waals surface area contributed by atoms with Crippen molar-refractivity contribution >= 4 is 0 Å². The van der Waals surface area contributed by atoms with E-state index < -0.39 is 0 Å². The predicted molar refractivity (Wildman–Crippen MR) is 158 cm³/mol. The topological polar surface area (TPSA) is 0 Å². The van der Waals surface area contributed by atoms with Gasteiger partial charge in [-0.05, 0) is 50.9 Å². The van der Waals surface area contributed by atoms with Gasteiger partial charge in [0.2, 0.25) is 0 Å². The van der Waals surface area contributed by atoms with E-state index in [1.165, 1.54) is 140 Å². The largest absolute Gasteiger partial charge is 0.322 e. The third kappa shape index (κ3) is 15.2. The predicted octanol–water partition coefficient (Wildman–Crippen LogP) is 11.3. The standard InChI is InChI=1S/C33H70N/c1-10-12-14-16-18-19-20-21-23-25-27-29-34(9,28-26-24-22-17-15-13-11-2)33(7,8)30-32(5,6)31(3)4/h31H,10-30H2,1-9H3/q+1. The van der Waals surface area contributed by atoms with Crippen molar-refractivity contribution in [3.8, 4) is 0 Å². The maximum atomic E-state index is 2.60. The van der Waals surface area contributed by atoms with Gasteiger partial charge < -0.3 is 4.48 Å². The first-order valence-electron chi connectivity index (χ1n) is 15.9. The second-order valence-electron chi connectivity index (χ2n) is 13.6. The molecule has 1 heteroatoms. The Labute approximate surface area is 218 Å². The molecule has 0 saturated carbocycles. The van der Waals surface area contributed by atoms with Crippen molar-refractivity contribution in [3.05, 3.63) is 0 Å². The van der Waals surface area contributed by atoms with Gasteiger partial charge in [0.05, 0.1) is 25.7 Å². The molecule has 0 aliphatic heterocycles. The summed E-state index contributed by atoms with van der Waals surface area (Å²) in [5.41, 5.74) is 0.745. The lowest BCUT2D eigenvalue weighted by Gasteiger charge is -2.51. The van der Waals surface area contributed by atoms with Gasteiger partial charge in [-0.15, -0.1) is 0 Å². The summed E-state index contributed by atoms with van der Waals surface area (Å²) in [5.74, 6) is 0.737. The molecule has 0 fully saturated rings. The highest BCUT2D eigenvalue weighted by Gasteiger charge is 2.43. The normalized spacial score (nSPS) is 14.6. The van der Waals surface area contributed by atoms with Gasteiger partial charge in [0.15, 0.2) is 0 Å². The Morgan fingerprint density at radius 2 is 0.794 bits per heavy atom. The van der Waals surface area contributed by atoms with Crippen LogP contribution in [0, 0.1) is 11.3 Å². The lowest BCUT2D eigenvalue weighted by atomic mass is 9.71. The number of hydrogen-bond acceptors (Lipinski definition) is 0. The second-order valence-corrected chi connectivity index (χ2v) is 13.6. The van der Waals surface area contributed by atoms with Crippen LogP contribution in [0.4, 0.5) is 0 Å². The summed E-state index contributed by atoms with van der Waals surface area (Å²) in [5, 5.41) is 0. The Hall–Kier alpha value is -0.0400. The second kappa shape index (κ2) is 19.1. The molecule has 0 radical (unpaired) electrons. The van der Waals surface area contributed by atoms with Gasteiger partial charge in [0.25, 0.3) is 0 Å². The van der Waals surface area contributed by atoms with Gasteiger partial charge in [-0.2, -0.15) is 0 Å². The molecule has 0 aliphatic carbocycles. The van der Waals surface area contributed by atoms with Crippen molar-refractivity contribution in [1.29, 1.82) is 0 Å². The van der Waals surface area contributed by atoms with Gasteiger partial charge in [0.1, 0.15) is 0 Å². The molecule has 206 valence electrons. The summed E-state index contributed by atoms with van der Waals surface area (Å²) in [6.45, 7) is 22.4. The SMILES string of the molecule is CCCCCCCCCCCCC[N+](C)(CCCCCCCCC)C(C)(C)CC(C)(C)C(C)C. The van der Waals surface area contributed by atoms with Crippen molar-refractivity contribution in [1.82, 2.24) is 0 Å². The smallest absolute Gasteiger partial charge is 0.0938 e. The maximum absolute atomic E-state index is 2.60. The van der Waals surface area contributed by atoms with Crippen LogP contribution in [0.5, 0.6) is 0 Å². The third-order valence-corrected chi connectivity index (χ3v) is 9.42. The molecule has 0 bridgehead atoms. The molecule has 0 saturated heterocycles. The van der Waals surface area contributed by atoms with Crippen LogP contribution in [0.25, 0.3) is 0 Å². The van der Waals surface area contributed by atoms with Crippen LogP contribution in [-0.4, -0.2) is 30.2 Å². The van der Waals surface area contributed by atoms with Crippen LogP contribution in [0.1, 0.15) is 177 Å². The fraction of sp³-hybridized carbons (Fsp3) is 1.00. The average molecular weight is 481 g/mol. The number of nitrogens with zero attached hydrogens (tertiary/aromatic N) is 1. The van der Waals surface area contributed by atoms with E-state index in [1.807, 2.05) is 0 Å². The molecule has 0 aromatic rings. The minimum Gasteiger partial charge on any atom is -0.322 e. The maximum Gasteiger partial charge on any atom is 0.0938 e. The molecular formula is C33H70N+. The van der Waals surface area contributed by atoms with E-state index in [-0.39, 0.29) is 0 Å². The molecule has 1 unspecified atom stereocenters. The molecular weight excluding hydrogens is 410 g/mol. The summed E-state index contributed by atoms with van der Waals surface area (Å²) >= 11 is 0. The molecule has 34 heavy (non-hydrogen) atoms. The highest BCUT2D eigenvalue weighted by Crippen LogP contribution is 2.40. The molecule has 0 rings (SSSR count). The lowest BCUT2D eigenvalue weighted by molar-refractivity contribution is -0.957. The fourth-order valence-electron chi connectivity index (χ4n) is 5.77. The quantitative estimate of drug-likeness (QED) is 0.0951. The monoisotopic (exact) mass is 481 g/mol. The van der Waals surface area contributed by atoms with Crippen molar-refractivity contribution in [2.75, 3.05) is 20.1 Å². The summed E-state index contributed by atoms with van der Waals surface area (Å²) in [6.07, 6.45) is 27.1. The fourth-order valence-corrected chi connectivity index (χ4v) is 5.77. The van der Waals surface area contributed by atoms with Crippen molar-refractivity contribution in [3.63, 3.8) is 0 Å². The minimum absolute atomic E-state index is 0.342.